The van der Waals surface area contributed by atoms with Gasteiger partial charge in [-0.05, 0) is 38.8 Å². The Bertz CT molecular complexity index is 749. The first-order valence-corrected chi connectivity index (χ1v) is 8.09. The van der Waals surface area contributed by atoms with Gasteiger partial charge in [0.05, 0.1) is 4.92 Å². The van der Waals surface area contributed by atoms with Crippen molar-refractivity contribution in [3.05, 3.63) is 39.7 Å². The number of pyridine rings is 1. The molecule has 3 rings (SSSR count). The van der Waals surface area contributed by atoms with E-state index in [9.17, 15) is 10.1 Å². The first-order valence-electron chi connectivity index (χ1n) is 8.09. The SMILES string of the molecule is Cc1cccc(NC2CCN(c3c([N+](=O)[O-])c(C)nn3C)CC2)n1. The van der Waals surface area contributed by atoms with Crippen LogP contribution in [-0.2, 0) is 7.05 Å². The van der Waals surface area contributed by atoms with Gasteiger partial charge in [0.15, 0.2) is 0 Å². The van der Waals surface area contributed by atoms with E-state index < -0.39 is 0 Å². The molecule has 1 N–H and O–H groups in total. The van der Waals surface area contributed by atoms with Gasteiger partial charge in [0.25, 0.3) is 0 Å². The van der Waals surface area contributed by atoms with Gasteiger partial charge < -0.3 is 10.2 Å². The van der Waals surface area contributed by atoms with Crippen LogP contribution in [-0.4, -0.2) is 38.8 Å². The average Bonchev–Trinajstić information content (AvgIpc) is 2.82. The summed E-state index contributed by atoms with van der Waals surface area (Å²) in [7, 11) is 1.76. The van der Waals surface area contributed by atoms with Crippen molar-refractivity contribution in [2.75, 3.05) is 23.3 Å². The summed E-state index contributed by atoms with van der Waals surface area (Å²) in [6.07, 6.45) is 1.80. The molecule has 1 fully saturated rings. The molecule has 0 atom stereocenters. The van der Waals surface area contributed by atoms with Crippen LogP contribution < -0.4 is 10.2 Å². The number of aryl methyl sites for hydroxylation is 3. The fourth-order valence-electron chi connectivity index (χ4n) is 3.27. The molecule has 8 nitrogen and oxygen atoms in total. The number of nitrogens with one attached hydrogen (secondary N) is 1. The standard InChI is InChI=1S/C16H22N6O2/c1-11-5-4-6-14(17-11)18-13-7-9-21(10-8-13)16-15(22(23)24)12(2)19-20(16)3/h4-6,13H,7-10H2,1-3H3,(H,17,18). The number of nitrogens with zero attached hydrogens (tertiary/aromatic N) is 5. The fourth-order valence-corrected chi connectivity index (χ4v) is 3.27. The Balaban J connectivity index is 1.68. The molecule has 2 aromatic heterocycles. The summed E-state index contributed by atoms with van der Waals surface area (Å²) in [5.41, 5.74) is 1.56. The van der Waals surface area contributed by atoms with Crippen molar-refractivity contribution in [1.29, 1.82) is 0 Å². The highest BCUT2D eigenvalue weighted by Gasteiger charge is 2.30. The fraction of sp³-hybridized carbons (Fsp3) is 0.500. The highest BCUT2D eigenvalue weighted by Crippen LogP contribution is 2.32. The van der Waals surface area contributed by atoms with Gasteiger partial charge >= 0.3 is 5.69 Å². The second-order valence-electron chi connectivity index (χ2n) is 6.21. The smallest absolute Gasteiger partial charge is 0.333 e. The van der Waals surface area contributed by atoms with Crippen molar-refractivity contribution >= 4 is 17.3 Å². The van der Waals surface area contributed by atoms with Crippen LogP contribution in [0.1, 0.15) is 24.2 Å². The zero-order valence-corrected chi connectivity index (χ0v) is 14.2. The summed E-state index contributed by atoms with van der Waals surface area (Å²) < 4.78 is 1.61. The molecule has 1 aliphatic rings. The topological polar surface area (TPSA) is 89.1 Å². The molecular formula is C16H22N6O2. The Morgan fingerprint density at radius 1 is 1.29 bits per heavy atom. The van der Waals surface area contributed by atoms with E-state index in [0.29, 0.717) is 17.6 Å². The van der Waals surface area contributed by atoms with Crippen LogP contribution in [0.3, 0.4) is 0 Å². The van der Waals surface area contributed by atoms with Crippen LogP contribution in [0.5, 0.6) is 0 Å². The number of piperidine rings is 1. The molecule has 0 bridgehead atoms. The van der Waals surface area contributed by atoms with Gasteiger partial charge in [-0.3, -0.25) is 10.1 Å². The zero-order valence-electron chi connectivity index (χ0n) is 14.2. The number of hydrogen-bond acceptors (Lipinski definition) is 6. The molecule has 2 aromatic rings. The average molecular weight is 330 g/mol. The maximum atomic E-state index is 11.3. The summed E-state index contributed by atoms with van der Waals surface area (Å²) in [5, 5.41) is 19.0. The van der Waals surface area contributed by atoms with Crippen LogP contribution >= 0.6 is 0 Å². The zero-order chi connectivity index (χ0) is 17.3. The number of aromatic nitrogens is 3. The maximum absolute atomic E-state index is 11.3. The van der Waals surface area contributed by atoms with Crippen LogP contribution in [0, 0.1) is 24.0 Å². The van der Waals surface area contributed by atoms with Crippen molar-refractivity contribution in [3.63, 3.8) is 0 Å². The van der Waals surface area contributed by atoms with E-state index in [-0.39, 0.29) is 10.6 Å². The molecule has 0 amide bonds. The van der Waals surface area contributed by atoms with Crippen LogP contribution in [0.4, 0.5) is 17.3 Å². The van der Waals surface area contributed by atoms with Gasteiger partial charge in [0.1, 0.15) is 11.5 Å². The minimum absolute atomic E-state index is 0.115. The Kier molecular flexibility index (Phi) is 4.37. The second kappa shape index (κ2) is 6.46. The molecule has 0 aromatic carbocycles. The summed E-state index contributed by atoms with van der Waals surface area (Å²) in [6.45, 7) is 5.16. The van der Waals surface area contributed by atoms with E-state index in [4.69, 9.17) is 0 Å². The summed E-state index contributed by atoms with van der Waals surface area (Å²) in [4.78, 5) is 17.5. The molecular weight excluding hydrogens is 308 g/mol. The third-order valence-corrected chi connectivity index (χ3v) is 4.38. The summed E-state index contributed by atoms with van der Waals surface area (Å²) in [6, 6.07) is 6.25. The monoisotopic (exact) mass is 330 g/mol. The molecule has 0 aliphatic carbocycles. The Morgan fingerprint density at radius 3 is 2.62 bits per heavy atom. The molecule has 1 saturated heterocycles. The summed E-state index contributed by atoms with van der Waals surface area (Å²) in [5.74, 6) is 1.49. The van der Waals surface area contributed by atoms with Gasteiger partial charge in [-0.2, -0.15) is 5.10 Å². The summed E-state index contributed by atoms with van der Waals surface area (Å²) >= 11 is 0. The molecule has 24 heavy (non-hydrogen) atoms. The molecule has 8 heteroatoms. The number of rotatable bonds is 4. The van der Waals surface area contributed by atoms with E-state index in [1.54, 1.807) is 18.7 Å². The van der Waals surface area contributed by atoms with E-state index in [1.807, 2.05) is 25.1 Å². The number of anilines is 2. The first-order chi connectivity index (χ1) is 11.5. The molecule has 1 aliphatic heterocycles. The minimum Gasteiger partial charge on any atom is -0.367 e. The maximum Gasteiger partial charge on any atom is 0.333 e. The van der Waals surface area contributed by atoms with Crippen LogP contribution in [0.25, 0.3) is 0 Å². The normalized spacial score (nSPS) is 15.5. The Morgan fingerprint density at radius 2 is 2.00 bits per heavy atom. The van der Waals surface area contributed by atoms with Crippen molar-refractivity contribution in [1.82, 2.24) is 14.8 Å². The van der Waals surface area contributed by atoms with E-state index >= 15 is 0 Å². The molecule has 0 spiro atoms. The molecule has 0 saturated carbocycles. The quantitative estimate of drug-likeness (QED) is 0.684. The largest absolute Gasteiger partial charge is 0.367 e. The Hall–Kier alpha value is -2.64. The highest BCUT2D eigenvalue weighted by atomic mass is 16.6. The Labute approximate surface area is 140 Å². The lowest BCUT2D eigenvalue weighted by atomic mass is 10.0. The lowest BCUT2D eigenvalue weighted by Crippen LogP contribution is -2.40. The van der Waals surface area contributed by atoms with Crippen LogP contribution in [0.2, 0.25) is 0 Å². The number of nitro groups is 1. The lowest BCUT2D eigenvalue weighted by molar-refractivity contribution is -0.384. The van der Waals surface area contributed by atoms with Gasteiger partial charge in [0, 0.05) is 31.9 Å². The predicted molar refractivity (Wildman–Crippen MR) is 92.4 cm³/mol. The lowest BCUT2D eigenvalue weighted by Gasteiger charge is -2.33. The van der Waals surface area contributed by atoms with E-state index in [1.165, 1.54) is 0 Å². The molecule has 0 radical (unpaired) electrons. The van der Waals surface area contributed by atoms with Crippen LogP contribution in [0.15, 0.2) is 18.2 Å². The molecule has 128 valence electrons. The third-order valence-electron chi connectivity index (χ3n) is 4.38. The van der Waals surface area contributed by atoms with Crippen molar-refractivity contribution < 1.29 is 4.92 Å². The minimum atomic E-state index is -0.335. The van der Waals surface area contributed by atoms with Gasteiger partial charge in [-0.25, -0.2) is 9.67 Å². The van der Waals surface area contributed by atoms with Gasteiger partial charge in [-0.1, -0.05) is 6.07 Å². The van der Waals surface area contributed by atoms with Crippen molar-refractivity contribution in [3.8, 4) is 0 Å². The molecule has 3 heterocycles. The van der Waals surface area contributed by atoms with E-state index in [0.717, 1.165) is 37.4 Å². The predicted octanol–water partition coefficient (Wildman–Crippen LogP) is 2.42. The van der Waals surface area contributed by atoms with Crippen molar-refractivity contribution in [2.45, 2.75) is 32.7 Å². The highest BCUT2D eigenvalue weighted by molar-refractivity contribution is 5.61. The van der Waals surface area contributed by atoms with Gasteiger partial charge in [0.2, 0.25) is 5.82 Å². The van der Waals surface area contributed by atoms with Crippen molar-refractivity contribution in [2.24, 2.45) is 7.05 Å². The first kappa shape index (κ1) is 16.2. The molecule has 0 unspecified atom stereocenters. The second-order valence-corrected chi connectivity index (χ2v) is 6.21. The van der Waals surface area contributed by atoms with E-state index in [2.05, 4.69) is 20.3 Å². The number of hydrogen-bond donors (Lipinski definition) is 1. The van der Waals surface area contributed by atoms with Gasteiger partial charge in [-0.15, -0.1) is 0 Å². The third kappa shape index (κ3) is 3.17.